The Morgan fingerprint density at radius 3 is 2.40 bits per heavy atom. The lowest BCUT2D eigenvalue weighted by molar-refractivity contribution is -0.384. The molecule has 17 nitrogen and oxygen atoms in total. The van der Waals surface area contributed by atoms with Gasteiger partial charge < -0.3 is 25.9 Å². The Morgan fingerprint density at radius 1 is 1.06 bits per heavy atom. The Kier molecular flexibility index (Phi) is 12.2. The number of hydrogen-bond acceptors (Lipinski definition) is 11. The number of aryl methyl sites for hydroxylation is 2. The van der Waals surface area contributed by atoms with Crippen molar-refractivity contribution in [1.29, 1.82) is 0 Å². The molecule has 3 aromatic heterocycles. The fourth-order valence-corrected chi connectivity index (χ4v) is 6.02. The van der Waals surface area contributed by atoms with Crippen LogP contribution in [0.2, 0.25) is 18.1 Å². The highest BCUT2D eigenvalue weighted by Crippen LogP contribution is 2.38. The summed E-state index contributed by atoms with van der Waals surface area (Å²) in [6, 6.07) is 5.63. The summed E-state index contributed by atoms with van der Waals surface area (Å²) in [4.78, 5) is 57.4. The first-order valence-corrected chi connectivity index (χ1v) is 19.6. The number of nitrogens with zero attached hydrogens (tertiary/aromatic N) is 6. The molecule has 0 aliphatic rings. The number of benzene rings is 1. The van der Waals surface area contributed by atoms with Crippen molar-refractivity contribution in [1.82, 2.24) is 24.3 Å². The molecule has 4 aromatic rings. The molecule has 0 aliphatic carbocycles. The molecule has 0 saturated heterocycles. The number of amides is 3. The lowest BCUT2D eigenvalue weighted by Gasteiger charge is -2.36. The molecule has 3 heterocycles. The number of hydrogen-bond donors (Lipinski definition) is 4. The number of ether oxygens (including phenoxy) is 1. The number of nitro benzene ring substituents is 1. The van der Waals surface area contributed by atoms with Crippen molar-refractivity contribution in [2.45, 2.75) is 72.3 Å². The Morgan fingerprint density at radius 2 is 1.77 bits per heavy atom. The van der Waals surface area contributed by atoms with Gasteiger partial charge in [0.25, 0.3) is 11.6 Å². The molecule has 0 radical (unpaired) electrons. The normalized spacial score (nSPS) is 12.0. The summed E-state index contributed by atoms with van der Waals surface area (Å²) in [5, 5.41) is 22.3. The Balaban J connectivity index is 1.54. The highest BCUT2D eigenvalue weighted by atomic mass is 28.4. The van der Waals surface area contributed by atoms with Crippen molar-refractivity contribution in [3.05, 3.63) is 75.2 Å². The minimum Gasteiger partial charge on any atom is -0.491 e. The number of anilines is 2. The number of carbonyl (C=O) groups excluding carboxylic acids is 3. The lowest BCUT2D eigenvalue weighted by atomic mass is 10.1. The van der Waals surface area contributed by atoms with Crippen LogP contribution in [0.3, 0.4) is 0 Å². The third kappa shape index (κ3) is 9.18. The summed E-state index contributed by atoms with van der Waals surface area (Å²) in [7, 11) is -1.97. The van der Waals surface area contributed by atoms with Crippen LogP contribution in [0.15, 0.2) is 42.6 Å². The minimum absolute atomic E-state index is 0.0405. The van der Waals surface area contributed by atoms with Gasteiger partial charge in [0, 0.05) is 50.5 Å². The van der Waals surface area contributed by atoms with Gasteiger partial charge >= 0.3 is 0 Å². The molecule has 0 bridgehead atoms. The fraction of sp³-hybridized carbons (Fsp3) is 0.412. The van der Waals surface area contributed by atoms with Crippen LogP contribution >= 0.6 is 0 Å². The van der Waals surface area contributed by atoms with Gasteiger partial charge in [-0.15, -0.1) is 0 Å². The van der Waals surface area contributed by atoms with Crippen LogP contribution in [0.4, 0.5) is 17.3 Å². The van der Waals surface area contributed by atoms with Gasteiger partial charge in [0.2, 0.25) is 17.8 Å². The van der Waals surface area contributed by atoms with Crippen molar-refractivity contribution >= 4 is 54.5 Å². The zero-order chi connectivity index (χ0) is 38.4. The minimum atomic E-state index is -1.97. The van der Waals surface area contributed by atoms with E-state index in [1.165, 1.54) is 18.3 Å². The van der Waals surface area contributed by atoms with E-state index < -0.39 is 31.0 Å². The predicted molar refractivity (Wildman–Crippen MR) is 199 cm³/mol. The number of nitrogens with two attached hydrogens (primary N) is 2. The second-order valence-corrected chi connectivity index (χ2v) is 18.4. The zero-order valence-corrected chi connectivity index (χ0v) is 31.5. The van der Waals surface area contributed by atoms with Crippen molar-refractivity contribution < 1.29 is 28.5 Å². The Labute approximate surface area is 302 Å². The number of pyridine rings is 1. The van der Waals surface area contributed by atoms with E-state index in [1.54, 1.807) is 34.4 Å². The van der Waals surface area contributed by atoms with E-state index in [9.17, 15) is 24.5 Å². The Bertz CT molecular complexity index is 2010. The Hall–Kier alpha value is -5.62. The van der Waals surface area contributed by atoms with E-state index >= 15 is 0 Å². The quantitative estimate of drug-likeness (QED) is 0.0379. The highest BCUT2D eigenvalue weighted by Gasteiger charge is 2.36. The summed E-state index contributed by atoms with van der Waals surface area (Å²) >= 11 is 0. The molecule has 3 amide bonds. The van der Waals surface area contributed by atoms with Crippen molar-refractivity contribution in [2.75, 3.05) is 30.4 Å². The number of aromatic nitrogens is 5. The SMILES string of the molecule is CCn1nc(C)cc1C(=O)Nc1nc2cc(C(N)=O)cnc2n1CC=CCNc1c(OCCCO[Si](C)(C)C(C)(C)C)cc(C(N)=O)cc1[N+](=O)[O-]. The van der Waals surface area contributed by atoms with Crippen LogP contribution in [0.1, 0.15) is 71.0 Å². The van der Waals surface area contributed by atoms with Crippen LogP contribution in [0.5, 0.6) is 5.75 Å². The first kappa shape index (κ1) is 39.2. The first-order chi connectivity index (χ1) is 24.4. The molecule has 52 heavy (non-hydrogen) atoms. The van der Waals surface area contributed by atoms with E-state index in [0.717, 1.165) is 6.07 Å². The maximum absolute atomic E-state index is 13.3. The van der Waals surface area contributed by atoms with Crippen molar-refractivity contribution in [3.8, 4) is 5.75 Å². The number of nitro groups is 1. The van der Waals surface area contributed by atoms with E-state index in [0.29, 0.717) is 42.1 Å². The lowest BCUT2D eigenvalue weighted by Crippen LogP contribution is -2.41. The van der Waals surface area contributed by atoms with Crippen LogP contribution in [0, 0.1) is 17.0 Å². The average Bonchev–Trinajstić information content (AvgIpc) is 3.62. The number of allylic oxidation sites excluding steroid dienone is 1. The molecule has 0 unspecified atom stereocenters. The number of primary amides is 2. The summed E-state index contributed by atoms with van der Waals surface area (Å²) in [5.41, 5.74) is 12.4. The second-order valence-electron chi connectivity index (χ2n) is 13.6. The van der Waals surface area contributed by atoms with Gasteiger partial charge in [0.1, 0.15) is 17.0 Å². The highest BCUT2D eigenvalue weighted by molar-refractivity contribution is 6.74. The molecule has 0 saturated carbocycles. The monoisotopic (exact) mass is 734 g/mol. The van der Waals surface area contributed by atoms with E-state index in [2.05, 4.69) is 59.6 Å². The van der Waals surface area contributed by atoms with Crippen LogP contribution in [-0.2, 0) is 17.5 Å². The number of rotatable bonds is 17. The second kappa shape index (κ2) is 16.2. The zero-order valence-electron chi connectivity index (χ0n) is 30.5. The topological polar surface area (TPSA) is 237 Å². The number of imidazole rings is 1. The molecule has 278 valence electrons. The molecular weight excluding hydrogens is 689 g/mol. The number of fused-ring (bicyclic) bond motifs is 1. The molecule has 4 rings (SSSR count). The predicted octanol–water partition coefficient (Wildman–Crippen LogP) is 4.77. The van der Waals surface area contributed by atoms with Gasteiger partial charge in [-0.25, -0.2) is 9.97 Å². The first-order valence-electron chi connectivity index (χ1n) is 16.7. The maximum atomic E-state index is 13.3. The average molecular weight is 735 g/mol. The molecule has 0 fully saturated rings. The van der Waals surface area contributed by atoms with Gasteiger partial charge in [-0.05, 0) is 50.2 Å². The fourth-order valence-electron chi connectivity index (χ4n) is 4.94. The smallest absolute Gasteiger partial charge is 0.296 e. The van der Waals surface area contributed by atoms with Crippen LogP contribution in [0.25, 0.3) is 11.2 Å². The molecule has 18 heteroatoms. The van der Waals surface area contributed by atoms with Gasteiger partial charge in [0.15, 0.2) is 19.7 Å². The van der Waals surface area contributed by atoms with Crippen molar-refractivity contribution in [3.63, 3.8) is 0 Å². The van der Waals surface area contributed by atoms with Gasteiger partial charge in [-0.3, -0.25) is 39.1 Å². The number of nitrogens with one attached hydrogen (secondary N) is 2. The van der Waals surface area contributed by atoms with E-state index in [4.69, 9.17) is 20.6 Å². The van der Waals surface area contributed by atoms with Crippen LogP contribution in [-0.4, -0.2) is 75.0 Å². The molecule has 6 N–H and O–H groups in total. The molecule has 0 aliphatic heterocycles. The van der Waals surface area contributed by atoms with Gasteiger partial charge in [-0.2, -0.15) is 5.10 Å². The van der Waals surface area contributed by atoms with Crippen molar-refractivity contribution in [2.24, 2.45) is 11.5 Å². The van der Waals surface area contributed by atoms with E-state index in [1.807, 2.05) is 6.92 Å². The maximum Gasteiger partial charge on any atom is 0.296 e. The molecule has 0 atom stereocenters. The molecular formula is C34H46N10O7Si. The van der Waals surface area contributed by atoms with Crippen LogP contribution < -0.4 is 26.8 Å². The largest absolute Gasteiger partial charge is 0.491 e. The van der Waals surface area contributed by atoms with E-state index in [-0.39, 0.29) is 58.9 Å². The molecule has 1 aromatic carbocycles. The summed E-state index contributed by atoms with van der Waals surface area (Å²) in [6.45, 7) is 15.8. The summed E-state index contributed by atoms with van der Waals surface area (Å²) in [6.07, 6.45) is 5.31. The summed E-state index contributed by atoms with van der Waals surface area (Å²) < 4.78 is 15.4. The van der Waals surface area contributed by atoms with Gasteiger partial charge in [0.05, 0.1) is 22.8 Å². The summed E-state index contributed by atoms with van der Waals surface area (Å²) in [5.74, 6) is -1.68. The molecule has 0 spiro atoms. The number of carbonyl (C=O) groups is 3. The standard InChI is InChI=1S/C34H46N10O7Si/c1-8-43-26(16-21(2)41-43)32(47)40-33-39-24-17-23(30(36)46)20-38-31(24)42(33)13-10-9-12-37-28-25(44(48)49)18-22(29(35)45)19-27(28)50-14-11-15-51-52(6,7)34(3,4)5/h9-10,16-20,37H,8,11-15H2,1-7H3,(H2,35,45)(H2,36,46)(H,39,40,47). The van der Waals surface area contributed by atoms with Gasteiger partial charge in [-0.1, -0.05) is 32.9 Å². The third-order valence-electron chi connectivity index (χ3n) is 8.76. The third-order valence-corrected chi connectivity index (χ3v) is 13.3.